The predicted octanol–water partition coefficient (Wildman–Crippen LogP) is 6.74. The molecule has 28 heavy (non-hydrogen) atoms. The van der Waals surface area contributed by atoms with Gasteiger partial charge in [-0.15, -0.1) is 0 Å². The van der Waals surface area contributed by atoms with E-state index in [4.69, 9.17) is 4.98 Å². The van der Waals surface area contributed by atoms with Crippen LogP contribution in [0.2, 0.25) is 0 Å². The van der Waals surface area contributed by atoms with Gasteiger partial charge in [0.05, 0.1) is 5.69 Å². The smallest absolute Gasteiger partial charge is 0.159 e. The summed E-state index contributed by atoms with van der Waals surface area (Å²) in [5, 5.41) is 9.05. The van der Waals surface area contributed by atoms with Gasteiger partial charge >= 0.3 is 0 Å². The van der Waals surface area contributed by atoms with Crippen molar-refractivity contribution in [3.05, 3.63) is 85.1 Å². The van der Waals surface area contributed by atoms with E-state index in [1.165, 1.54) is 43.4 Å². The molecule has 6 aromatic rings. The molecule has 0 atom stereocenters. The molecule has 0 bridgehead atoms. The monoisotopic (exact) mass is 354 g/mol. The molecule has 2 aromatic heterocycles. The van der Waals surface area contributed by atoms with Crippen LogP contribution < -0.4 is 0 Å². The topological polar surface area (TPSA) is 25.8 Å². The van der Waals surface area contributed by atoms with Crippen LogP contribution >= 0.6 is 0 Å². The first kappa shape index (κ1) is 14.3. The molecule has 0 unspecified atom stereocenters. The maximum Gasteiger partial charge on any atom is 0.159 e. The number of fused-ring (bicyclic) bond motifs is 2. The fraction of sp³-hybridized carbons (Fsp3) is 0. The van der Waals surface area contributed by atoms with Crippen LogP contribution in [-0.2, 0) is 0 Å². The summed E-state index contributed by atoms with van der Waals surface area (Å²) < 4.78 is 0. The Hall–Kier alpha value is -3.78. The molecule has 0 aliphatic heterocycles. The van der Waals surface area contributed by atoms with E-state index in [0.29, 0.717) is 0 Å². The van der Waals surface area contributed by atoms with Gasteiger partial charge in [-0.25, -0.2) is 9.97 Å². The molecule has 0 N–H and O–H groups in total. The Morgan fingerprint density at radius 1 is 0.500 bits per heavy atom. The number of benzene rings is 4. The van der Waals surface area contributed by atoms with Gasteiger partial charge in [0.25, 0.3) is 0 Å². The first-order valence-electron chi connectivity index (χ1n) is 9.52. The van der Waals surface area contributed by atoms with Crippen molar-refractivity contribution in [3.8, 4) is 22.4 Å². The van der Waals surface area contributed by atoms with Crippen molar-refractivity contribution in [1.82, 2.24) is 9.97 Å². The molecule has 7 rings (SSSR count). The van der Waals surface area contributed by atoms with Gasteiger partial charge in [-0.3, -0.25) is 0 Å². The summed E-state index contributed by atoms with van der Waals surface area (Å²) in [4.78, 5) is 9.30. The summed E-state index contributed by atoms with van der Waals surface area (Å²) in [6, 6.07) is 28.3. The normalized spacial score (nSPS) is 12.3. The number of hydrogen-bond acceptors (Lipinski definition) is 2. The average molecular weight is 354 g/mol. The van der Waals surface area contributed by atoms with Crippen molar-refractivity contribution < 1.29 is 0 Å². The summed E-state index contributed by atoms with van der Waals surface area (Å²) in [5.41, 5.74) is 5.60. The number of nitrogens with zero attached hydrogens (tertiary/aromatic N) is 2. The van der Waals surface area contributed by atoms with Gasteiger partial charge in [0.2, 0.25) is 0 Å². The van der Waals surface area contributed by atoms with Gasteiger partial charge < -0.3 is 0 Å². The van der Waals surface area contributed by atoms with Gasteiger partial charge in [0.15, 0.2) is 5.65 Å². The SMILES string of the molecule is c1cnc2nc(-c3ccc4c5c3ccc3ccc6cccc-4c6c35)ccc2c1. The van der Waals surface area contributed by atoms with E-state index in [2.05, 4.69) is 77.8 Å². The molecule has 2 heteroatoms. The highest BCUT2D eigenvalue weighted by Gasteiger charge is 2.21. The molecule has 4 aromatic carbocycles. The number of rotatable bonds is 1. The van der Waals surface area contributed by atoms with Gasteiger partial charge in [-0.05, 0) is 67.7 Å². The van der Waals surface area contributed by atoms with Crippen LogP contribution in [0.15, 0.2) is 85.1 Å². The Bertz CT molecular complexity index is 1610. The molecule has 0 saturated heterocycles. The molecule has 0 fully saturated rings. The van der Waals surface area contributed by atoms with E-state index in [0.717, 1.165) is 22.3 Å². The van der Waals surface area contributed by atoms with E-state index in [-0.39, 0.29) is 0 Å². The van der Waals surface area contributed by atoms with Crippen LogP contribution in [-0.4, -0.2) is 9.97 Å². The minimum atomic E-state index is 0.790. The first-order chi connectivity index (χ1) is 13.9. The average Bonchev–Trinajstić information content (AvgIpc) is 3.11. The highest BCUT2D eigenvalue weighted by molar-refractivity contribution is 6.34. The molecule has 0 radical (unpaired) electrons. The number of pyridine rings is 2. The molecule has 0 spiro atoms. The van der Waals surface area contributed by atoms with Crippen LogP contribution in [0.3, 0.4) is 0 Å². The van der Waals surface area contributed by atoms with Crippen molar-refractivity contribution in [1.29, 1.82) is 0 Å². The van der Waals surface area contributed by atoms with Crippen molar-refractivity contribution >= 4 is 43.4 Å². The van der Waals surface area contributed by atoms with Crippen molar-refractivity contribution in [2.24, 2.45) is 0 Å². The van der Waals surface area contributed by atoms with Gasteiger partial charge in [-0.2, -0.15) is 0 Å². The Kier molecular flexibility index (Phi) is 2.52. The maximum absolute atomic E-state index is 4.85. The van der Waals surface area contributed by atoms with Crippen molar-refractivity contribution in [2.45, 2.75) is 0 Å². The lowest BCUT2D eigenvalue weighted by atomic mass is 9.95. The zero-order valence-electron chi connectivity index (χ0n) is 15.0. The Morgan fingerprint density at radius 3 is 2.21 bits per heavy atom. The van der Waals surface area contributed by atoms with E-state index in [1.807, 2.05) is 6.07 Å². The lowest BCUT2D eigenvalue weighted by molar-refractivity contribution is 1.29. The van der Waals surface area contributed by atoms with Crippen molar-refractivity contribution in [3.63, 3.8) is 0 Å². The van der Waals surface area contributed by atoms with Crippen LogP contribution in [0.25, 0.3) is 65.7 Å². The standard InChI is InChI=1S/C26H14N2/c1-3-15-6-7-16-8-10-20-18(22-13-9-17-4-2-14-27-26(17)28-22)11-12-21-19(5-1)23(15)24(16)25(20)21/h1-14H. The Balaban J connectivity index is 1.63. The quantitative estimate of drug-likeness (QED) is 0.305. The third-order valence-electron chi connectivity index (χ3n) is 6.03. The highest BCUT2D eigenvalue weighted by Crippen LogP contribution is 2.49. The molecular formula is C26H14N2. The van der Waals surface area contributed by atoms with E-state index < -0.39 is 0 Å². The molecule has 0 saturated carbocycles. The van der Waals surface area contributed by atoms with E-state index >= 15 is 0 Å². The molecule has 128 valence electrons. The molecule has 1 aliphatic rings. The zero-order valence-corrected chi connectivity index (χ0v) is 15.0. The molecular weight excluding hydrogens is 340 g/mol. The summed E-state index contributed by atoms with van der Waals surface area (Å²) >= 11 is 0. The Labute approximate surface area is 161 Å². The Morgan fingerprint density at radius 2 is 1.25 bits per heavy atom. The van der Waals surface area contributed by atoms with E-state index in [1.54, 1.807) is 6.20 Å². The third-order valence-corrected chi connectivity index (χ3v) is 6.03. The van der Waals surface area contributed by atoms with E-state index in [9.17, 15) is 0 Å². The highest BCUT2D eigenvalue weighted by atomic mass is 14.8. The lowest BCUT2D eigenvalue weighted by Crippen LogP contribution is -1.89. The van der Waals surface area contributed by atoms with Crippen LogP contribution in [0, 0.1) is 0 Å². The molecule has 2 heterocycles. The number of hydrogen-bond donors (Lipinski definition) is 0. The summed E-state index contributed by atoms with van der Waals surface area (Å²) in [6.07, 6.45) is 1.80. The molecule has 0 amide bonds. The molecule has 2 nitrogen and oxygen atoms in total. The van der Waals surface area contributed by atoms with Gasteiger partial charge in [0, 0.05) is 17.1 Å². The van der Waals surface area contributed by atoms with Crippen LogP contribution in [0.5, 0.6) is 0 Å². The van der Waals surface area contributed by atoms with Crippen LogP contribution in [0.1, 0.15) is 0 Å². The molecule has 1 aliphatic carbocycles. The second-order valence-corrected chi connectivity index (χ2v) is 7.46. The second-order valence-electron chi connectivity index (χ2n) is 7.46. The number of aromatic nitrogens is 2. The summed E-state index contributed by atoms with van der Waals surface area (Å²) in [5.74, 6) is 0. The van der Waals surface area contributed by atoms with Gasteiger partial charge in [0.1, 0.15) is 0 Å². The van der Waals surface area contributed by atoms with Gasteiger partial charge in [-0.1, -0.05) is 54.6 Å². The maximum atomic E-state index is 4.85. The minimum absolute atomic E-state index is 0.790. The predicted molar refractivity (Wildman–Crippen MR) is 116 cm³/mol. The largest absolute Gasteiger partial charge is 0.237 e. The van der Waals surface area contributed by atoms with Crippen LogP contribution in [0.4, 0.5) is 0 Å². The fourth-order valence-electron chi connectivity index (χ4n) is 4.81. The second kappa shape index (κ2) is 4.93. The fourth-order valence-corrected chi connectivity index (χ4v) is 4.81. The van der Waals surface area contributed by atoms with Crippen molar-refractivity contribution in [2.75, 3.05) is 0 Å². The summed E-state index contributed by atoms with van der Waals surface area (Å²) in [7, 11) is 0. The summed E-state index contributed by atoms with van der Waals surface area (Å²) in [6.45, 7) is 0. The zero-order chi connectivity index (χ0) is 18.2. The first-order valence-corrected chi connectivity index (χ1v) is 9.52. The third kappa shape index (κ3) is 1.68. The minimum Gasteiger partial charge on any atom is -0.237 e. The lowest BCUT2D eigenvalue weighted by Gasteiger charge is -2.10.